The number of benzene rings is 2. The summed E-state index contributed by atoms with van der Waals surface area (Å²) in [7, 11) is 0. The van der Waals surface area contributed by atoms with Gasteiger partial charge in [0.1, 0.15) is 11.6 Å². The molecule has 0 saturated carbocycles. The standard InChI is InChI=1S/C13H8ClF2N/c14-9-4-6-10(7-5-9)17-8-11-12(15)2-1-3-13(11)16/h1-8H. The summed E-state index contributed by atoms with van der Waals surface area (Å²) in [5, 5.41) is 0.584. The van der Waals surface area contributed by atoms with Crippen LogP contribution in [0.15, 0.2) is 47.5 Å². The maximum Gasteiger partial charge on any atom is 0.134 e. The van der Waals surface area contributed by atoms with Crippen LogP contribution >= 0.6 is 11.6 Å². The Bertz CT molecular complexity index is 530. The van der Waals surface area contributed by atoms with E-state index in [1.807, 2.05) is 0 Å². The Morgan fingerprint density at radius 1 is 0.941 bits per heavy atom. The van der Waals surface area contributed by atoms with Crippen LogP contribution in [0.25, 0.3) is 0 Å². The first-order valence-corrected chi connectivity index (χ1v) is 5.28. The SMILES string of the molecule is Fc1cccc(F)c1C=Nc1ccc(Cl)cc1. The van der Waals surface area contributed by atoms with Gasteiger partial charge >= 0.3 is 0 Å². The molecule has 0 bridgehead atoms. The first-order chi connectivity index (χ1) is 8.16. The van der Waals surface area contributed by atoms with E-state index in [-0.39, 0.29) is 5.56 Å². The molecule has 17 heavy (non-hydrogen) atoms. The van der Waals surface area contributed by atoms with Gasteiger partial charge in [-0.25, -0.2) is 8.78 Å². The summed E-state index contributed by atoms with van der Waals surface area (Å²) in [6.07, 6.45) is 1.16. The second-order valence-corrected chi connectivity index (χ2v) is 3.81. The molecule has 0 amide bonds. The molecule has 2 aromatic carbocycles. The molecule has 1 nitrogen and oxygen atoms in total. The molecule has 0 heterocycles. The molecule has 0 radical (unpaired) electrons. The number of hydrogen-bond acceptors (Lipinski definition) is 1. The summed E-state index contributed by atoms with van der Waals surface area (Å²) in [5.74, 6) is -1.27. The van der Waals surface area contributed by atoms with E-state index in [2.05, 4.69) is 4.99 Å². The van der Waals surface area contributed by atoms with Crippen molar-refractivity contribution in [1.82, 2.24) is 0 Å². The maximum absolute atomic E-state index is 13.3. The van der Waals surface area contributed by atoms with Crippen molar-refractivity contribution in [3.05, 3.63) is 64.7 Å². The van der Waals surface area contributed by atoms with Gasteiger partial charge in [-0.05, 0) is 36.4 Å². The molecule has 0 aliphatic carbocycles. The van der Waals surface area contributed by atoms with Gasteiger partial charge < -0.3 is 0 Å². The Morgan fingerprint density at radius 3 is 2.12 bits per heavy atom. The molecule has 0 spiro atoms. The zero-order chi connectivity index (χ0) is 12.3. The molecule has 2 aromatic rings. The van der Waals surface area contributed by atoms with Crippen molar-refractivity contribution in [2.45, 2.75) is 0 Å². The molecule has 4 heteroatoms. The molecule has 0 aliphatic heterocycles. The molecule has 0 saturated heterocycles. The second-order valence-electron chi connectivity index (χ2n) is 3.37. The van der Waals surface area contributed by atoms with Crippen molar-refractivity contribution in [3.8, 4) is 0 Å². The second kappa shape index (κ2) is 5.06. The van der Waals surface area contributed by atoms with E-state index in [0.29, 0.717) is 10.7 Å². The number of aliphatic imine (C=N–C) groups is 1. The monoisotopic (exact) mass is 251 g/mol. The largest absolute Gasteiger partial charge is 0.256 e. The van der Waals surface area contributed by atoms with Crippen LogP contribution < -0.4 is 0 Å². The zero-order valence-electron chi connectivity index (χ0n) is 8.70. The fraction of sp³-hybridized carbons (Fsp3) is 0. The van der Waals surface area contributed by atoms with Gasteiger partial charge in [0, 0.05) is 11.2 Å². The maximum atomic E-state index is 13.3. The van der Waals surface area contributed by atoms with Gasteiger partial charge in [0.05, 0.1) is 11.3 Å². The summed E-state index contributed by atoms with van der Waals surface area (Å²) in [5.41, 5.74) is 0.430. The molecule has 86 valence electrons. The predicted molar refractivity (Wildman–Crippen MR) is 65.1 cm³/mol. The smallest absolute Gasteiger partial charge is 0.134 e. The lowest BCUT2D eigenvalue weighted by Gasteiger charge is -1.98. The van der Waals surface area contributed by atoms with Crippen LogP contribution in [0.4, 0.5) is 14.5 Å². The van der Waals surface area contributed by atoms with Gasteiger partial charge in [-0.2, -0.15) is 0 Å². The van der Waals surface area contributed by atoms with Gasteiger partial charge in [0.25, 0.3) is 0 Å². The Balaban J connectivity index is 2.29. The van der Waals surface area contributed by atoms with Crippen molar-refractivity contribution in [2.75, 3.05) is 0 Å². The molecule has 0 fully saturated rings. The minimum absolute atomic E-state index is 0.151. The number of halogens is 3. The average Bonchev–Trinajstić information content (AvgIpc) is 2.31. The van der Waals surface area contributed by atoms with Gasteiger partial charge in [-0.1, -0.05) is 17.7 Å². The normalized spacial score (nSPS) is 11.0. The van der Waals surface area contributed by atoms with E-state index in [0.717, 1.165) is 6.21 Å². The Hall–Kier alpha value is -1.74. The number of rotatable bonds is 2. The molecule has 2 rings (SSSR count). The molecule has 0 atom stereocenters. The lowest BCUT2D eigenvalue weighted by Crippen LogP contribution is -1.92. The van der Waals surface area contributed by atoms with Crippen molar-refractivity contribution in [2.24, 2.45) is 4.99 Å². The fourth-order valence-corrected chi connectivity index (χ4v) is 1.43. The zero-order valence-corrected chi connectivity index (χ0v) is 9.46. The average molecular weight is 252 g/mol. The number of nitrogens with zero attached hydrogens (tertiary/aromatic N) is 1. The Labute approximate surface area is 102 Å². The van der Waals surface area contributed by atoms with Gasteiger partial charge in [0.15, 0.2) is 0 Å². The van der Waals surface area contributed by atoms with Gasteiger partial charge in [-0.3, -0.25) is 4.99 Å². The third-order valence-corrected chi connectivity index (χ3v) is 2.42. The van der Waals surface area contributed by atoms with E-state index >= 15 is 0 Å². The fourth-order valence-electron chi connectivity index (χ4n) is 1.30. The molecular weight excluding hydrogens is 244 g/mol. The predicted octanol–water partition coefficient (Wildman–Crippen LogP) is 4.37. The van der Waals surface area contributed by atoms with E-state index in [4.69, 9.17) is 11.6 Å². The van der Waals surface area contributed by atoms with Gasteiger partial charge in [-0.15, -0.1) is 0 Å². The lowest BCUT2D eigenvalue weighted by molar-refractivity contribution is 0.580. The molecule has 0 aromatic heterocycles. The first-order valence-electron chi connectivity index (χ1n) is 4.90. The highest BCUT2D eigenvalue weighted by atomic mass is 35.5. The summed E-state index contributed by atoms with van der Waals surface area (Å²) in [6, 6.07) is 10.3. The summed E-state index contributed by atoms with van der Waals surface area (Å²) >= 11 is 5.71. The highest BCUT2D eigenvalue weighted by Gasteiger charge is 2.04. The number of hydrogen-bond donors (Lipinski definition) is 0. The van der Waals surface area contributed by atoms with Crippen LogP contribution in [0.2, 0.25) is 5.02 Å². The summed E-state index contributed by atoms with van der Waals surface area (Å²) in [6.45, 7) is 0. The van der Waals surface area contributed by atoms with Crippen LogP contribution in [0, 0.1) is 11.6 Å². The molecule has 0 aliphatic rings. The third-order valence-electron chi connectivity index (χ3n) is 2.17. The van der Waals surface area contributed by atoms with Crippen molar-refractivity contribution < 1.29 is 8.78 Å². The lowest BCUT2D eigenvalue weighted by atomic mass is 10.2. The van der Waals surface area contributed by atoms with Crippen LogP contribution in [0.1, 0.15) is 5.56 Å². The molecule has 0 unspecified atom stereocenters. The van der Waals surface area contributed by atoms with Crippen LogP contribution in [0.5, 0.6) is 0 Å². The highest BCUT2D eigenvalue weighted by Crippen LogP contribution is 2.17. The van der Waals surface area contributed by atoms with Crippen LogP contribution in [0.3, 0.4) is 0 Å². The molecule has 0 N–H and O–H groups in total. The first kappa shape index (κ1) is 11.7. The van der Waals surface area contributed by atoms with Crippen molar-refractivity contribution in [3.63, 3.8) is 0 Å². The van der Waals surface area contributed by atoms with E-state index in [1.165, 1.54) is 18.2 Å². The van der Waals surface area contributed by atoms with Crippen LogP contribution in [-0.4, -0.2) is 6.21 Å². The van der Waals surface area contributed by atoms with E-state index in [1.54, 1.807) is 24.3 Å². The van der Waals surface area contributed by atoms with E-state index in [9.17, 15) is 8.78 Å². The topological polar surface area (TPSA) is 12.4 Å². The molecular formula is C13H8ClF2N. The quantitative estimate of drug-likeness (QED) is 0.703. The Kier molecular flexibility index (Phi) is 3.49. The third kappa shape index (κ3) is 2.88. The van der Waals surface area contributed by atoms with E-state index < -0.39 is 11.6 Å². The summed E-state index contributed by atoms with van der Waals surface area (Å²) in [4.78, 5) is 3.98. The van der Waals surface area contributed by atoms with Gasteiger partial charge in [0.2, 0.25) is 0 Å². The summed E-state index contributed by atoms with van der Waals surface area (Å²) < 4.78 is 26.5. The van der Waals surface area contributed by atoms with Crippen LogP contribution in [-0.2, 0) is 0 Å². The Morgan fingerprint density at radius 2 is 1.53 bits per heavy atom. The highest BCUT2D eigenvalue weighted by molar-refractivity contribution is 6.30. The minimum atomic E-state index is -0.636. The van der Waals surface area contributed by atoms with Crippen molar-refractivity contribution >= 4 is 23.5 Å². The minimum Gasteiger partial charge on any atom is -0.256 e. The van der Waals surface area contributed by atoms with Crippen molar-refractivity contribution in [1.29, 1.82) is 0 Å².